The van der Waals surface area contributed by atoms with Gasteiger partial charge in [0, 0.05) is 36.9 Å². The largest absolute Gasteiger partial charge is 0.348 e. The molecule has 0 atom stereocenters. The van der Waals surface area contributed by atoms with Crippen LogP contribution in [0.2, 0.25) is 0 Å². The van der Waals surface area contributed by atoms with Crippen LogP contribution < -0.4 is 5.32 Å². The third kappa shape index (κ3) is 3.39. The topological polar surface area (TPSA) is 85.8 Å². The Balaban J connectivity index is 1.34. The summed E-state index contributed by atoms with van der Waals surface area (Å²) in [6, 6.07) is 3.74. The maximum atomic E-state index is 12.5. The van der Waals surface area contributed by atoms with E-state index in [1.165, 1.54) is 0 Å². The number of hydrogen-bond acceptors (Lipinski definition) is 6. The first kappa shape index (κ1) is 16.1. The summed E-state index contributed by atoms with van der Waals surface area (Å²) in [5.74, 6) is 0.0308. The van der Waals surface area contributed by atoms with Crippen LogP contribution in [0.4, 0.5) is 0 Å². The lowest BCUT2D eigenvalue weighted by Crippen LogP contribution is -2.38. The summed E-state index contributed by atoms with van der Waals surface area (Å²) in [7, 11) is 2.01. The molecule has 1 fully saturated rings. The fraction of sp³-hybridized carbons (Fsp3) is 0.412. The molecule has 0 bridgehead atoms. The first-order valence-electron chi connectivity index (χ1n) is 8.36. The van der Waals surface area contributed by atoms with Gasteiger partial charge in [-0.25, -0.2) is 9.97 Å². The van der Waals surface area contributed by atoms with Gasteiger partial charge in [0.05, 0.1) is 5.39 Å². The molecule has 1 amide bonds. The molecule has 1 N–H and O–H groups in total. The predicted octanol–water partition coefficient (Wildman–Crippen LogP) is 2.79. The zero-order chi connectivity index (χ0) is 17.2. The summed E-state index contributed by atoms with van der Waals surface area (Å²) >= 11 is 1.82. The molecule has 0 saturated heterocycles. The lowest BCUT2D eigenvalue weighted by atomic mass is 9.95. The maximum absolute atomic E-state index is 12.5. The number of carbonyl (C=O) groups is 1. The minimum Gasteiger partial charge on any atom is -0.348 e. The number of nitrogens with zero attached hydrogens (tertiary/aromatic N) is 4. The third-order valence-corrected chi connectivity index (χ3v) is 5.93. The Labute approximate surface area is 149 Å². The van der Waals surface area contributed by atoms with Crippen molar-refractivity contribution < 1.29 is 9.32 Å². The number of carbonyl (C=O) groups excluding carboxylic acids is 1. The summed E-state index contributed by atoms with van der Waals surface area (Å²) in [4.78, 5) is 20.9. The number of pyridine rings is 1. The molecule has 1 saturated carbocycles. The monoisotopic (exact) mass is 357 g/mol. The van der Waals surface area contributed by atoms with Gasteiger partial charge in [-0.2, -0.15) is 0 Å². The number of aryl methyl sites for hydroxylation is 1. The van der Waals surface area contributed by atoms with Crippen molar-refractivity contribution in [3.8, 4) is 0 Å². The fourth-order valence-corrected chi connectivity index (χ4v) is 4.29. The van der Waals surface area contributed by atoms with Crippen LogP contribution in [-0.4, -0.2) is 36.9 Å². The summed E-state index contributed by atoms with van der Waals surface area (Å²) in [5.41, 5.74) is 0.461. The van der Waals surface area contributed by atoms with E-state index in [2.05, 4.69) is 20.4 Å². The molecule has 130 valence electrons. The Morgan fingerprint density at radius 1 is 1.28 bits per heavy atom. The minimum absolute atomic E-state index is 0.169. The second-order valence-corrected chi connectivity index (χ2v) is 7.54. The van der Waals surface area contributed by atoms with Gasteiger partial charge in [0.15, 0.2) is 5.16 Å². The highest BCUT2D eigenvalue weighted by Gasteiger charge is 2.26. The van der Waals surface area contributed by atoms with E-state index < -0.39 is 0 Å². The van der Waals surface area contributed by atoms with Gasteiger partial charge in [0.2, 0.25) is 11.4 Å². The number of amides is 1. The van der Waals surface area contributed by atoms with Crippen molar-refractivity contribution in [3.05, 3.63) is 36.5 Å². The van der Waals surface area contributed by atoms with Crippen LogP contribution in [0.25, 0.3) is 11.0 Å². The first-order chi connectivity index (χ1) is 12.2. The van der Waals surface area contributed by atoms with E-state index in [1.54, 1.807) is 18.3 Å². The van der Waals surface area contributed by atoms with E-state index in [1.807, 2.05) is 35.8 Å². The number of imidazole rings is 1. The minimum atomic E-state index is -0.212. The zero-order valence-electron chi connectivity index (χ0n) is 13.9. The highest BCUT2D eigenvalue weighted by molar-refractivity contribution is 7.99. The molecular formula is C17H19N5O2S. The number of fused-ring (bicyclic) bond motifs is 1. The zero-order valence-corrected chi connectivity index (χ0v) is 14.7. The van der Waals surface area contributed by atoms with Crippen LogP contribution in [-0.2, 0) is 7.05 Å². The Morgan fingerprint density at radius 2 is 2.12 bits per heavy atom. The second-order valence-electron chi connectivity index (χ2n) is 6.27. The molecule has 3 aromatic heterocycles. The average Bonchev–Trinajstić information content (AvgIpc) is 3.23. The molecule has 0 radical (unpaired) electrons. The van der Waals surface area contributed by atoms with Crippen molar-refractivity contribution in [2.24, 2.45) is 7.05 Å². The molecule has 25 heavy (non-hydrogen) atoms. The fourth-order valence-electron chi connectivity index (χ4n) is 3.14. The van der Waals surface area contributed by atoms with Crippen molar-refractivity contribution in [1.29, 1.82) is 0 Å². The first-order valence-corrected chi connectivity index (χ1v) is 9.24. The van der Waals surface area contributed by atoms with Crippen LogP contribution in [0.1, 0.15) is 36.2 Å². The highest BCUT2D eigenvalue weighted by Crippen LogP contribution is 2.32. The lowest BCUT2D eigenvalue weighted by molar-refractivity contribution is 0.0893. The average molecular weight is 357 g/mol. The van der Waals surface area contributed by atoms with Crippen LogP contribution in [0.15, 0.2) is 40.4 Å². The molecule has 7 nitrogen and oxygen atoms in total. The summed E-state index contributed by atoms with van der Waals surface area (Å²) in [6.45, 7) is 0. The normalized spacial score (nSPS) is 20.7. The Morgan fingerprint density at radius 3 is 2.88 bits per heavy atom. The molecule has 0 spiro atoms. The molecule has 3 aromatic rings. The van der Waals surface area contributed by atoms with Gasteiger partial charge in [-0.05, 0) is 37.8 Å². The maximum Gasteiger partial charge on any atom is 0.290 e. The Kier molecular flexibility index (Phi) is 4.44. The van der Waals surface area contributed by atoms with E-state index in [-0.39, 0.29) is 17.7 Å². The van der Waals surface area contributed by atoms with E-state index in [4.69, 9.17) is 4.52 Å². The third-order valence-electron chi connectivity index (χ3n) is 4.52. The van der Waals surface area contributed by atoms with Gasteiger partial charge in [-0.1, -0.05) is 16.9 Å². The molecular weight excluding hydrogens is 338 g/mol. The van der Waals surface area contributed by atoms with E-state index in [0.29, 0.717) is 16.3 Å². The van der Waals surface area contributed by atoms with Crippen molar-refractivity contribution >= 4 is 28.7 Å². The summed E-state index contributed by atoms with van der Waals surface area (Å²) in [5, 5.41) is 9.16. The van der Waals surface area contributed by atoms with E-state index >= 15 is 0 Å². The predicted molar refractivity (Wildman–Crippen MR) is 94.4 cm³/mol. The standard InChI is InChI=1S/C17H19N5O2S/c1-22-10-9-19-17(22)25-12-6-4-11(5-7-12)20-16(23)14-13-3-2-8-18-15(13)21-24-14/h2-3,8-12H,4-7H2,1H3,(H,20,23). The molecule has 0 aromatic carbocycles. The molecule has 8 heteroatoms. The number of hydrogen-bond donors (Lipinski definition) is 1. The van der Waals surface area contributed by atoms with Gasteiger partial charge in [0.25, 0.3) is 5.91 Å². The van der Waals surface area contributed by atoms with Crippen molar-refractivity contribution in [2.75, 3.05) is 0 Å². The molecule has 1 aliphatic carbocycles. The lowest BCUT2D eigenvalue weighted by Gasteiger charge is -2.28. The summed E-state index contributed by atoms with van der Waals surface area (Å²) < 4.78 is 7.23. The van der Waals surface area contributed by atoms with Gasteiger partial charge in [-0.15, -0.1) is 0 Å². The quantitative estimate of drug-likeness (QED) is 0.773. The number of thioether (sulfide) groups is 1. The van der Waals surface area contributed by atoms with Gasteiger partial charge < -0.3 is 14.4 Å². The molecule has 0 aliphatic heterocycles. The molecule has 1 aliphatic rings. The Bertz CT molecular complexity index is 882. The Hall–Kier alpha value is -2.35. The van der Waals surface area contributed by atoms with Gasteiger partial charge in [0.1, 0.15) is 0 Å². The molecule has 4 rings (SSSR count). The van der Waals surface area contributed by atoms with Crippen LogP contribution in [0, 0.1) is 0 Å². The highest BCUT2D eigenvalue weighted by atomic mass is 32.2. The van der Waals surface area contributed by atoms with Crippen molar-refractivity contribution in [1.82, 2.24) is 25.0 Å². The van der Waals surface area contributed by atoms with Crippen LogP contribution in [0.3, 0.4) is 0 Å². The smallest absolute Gasteiger partial charge is 0.290 e. The summed E-state index contributed by atoms with van der Waals surface area (Å²) in [6.07, 6.45) is 9.45. The number of aromatic nitrogens is 4. The van der Waals surface area contributed by atoms with Gasteiger partial charge in [-0.3, -0.25) is 4.79 Å². The van der Waals surface area contributed by atoms with E-state index in [0.717, 1.165) is 30.8 Å². The van der Waals surface area contributed by atoms with E-state index in [9.17, 15) is 4.79 Å². The number of rotatable bonds is 4. The number of nitrogens with one attached hydrogen (secondary N) is 1. The van der Waals surface area contributed by atoms with Crippen LogP contribution >= 0.6 is 11.8 Å². The van der Waals surface area contributed by atoms with Gasteiger partial charge >= 0.3 is 0 Å². The van der Waals surface area contributed by atoms with Crippen LogP contribution in [0.5, 0.6) is 0 Å². The second kappa shape index (κ2) is 6.87. The molecule has 3 heterocycles. The molecule has 0 unspecified atom stereocenters. The van der Waals surface area contributed by atoms with Crippen molar-refractivity contribution in [3.63, 3.8) is 0 Å². The van der Waals surface area contributed by atoms with Crippen molar-refractivity contribution in [2.45, 2.75) is 42.1 Å². The SMILES string of the molecule is Cn1ccnc1SC1CCC(NC(=O)c2onc3ncccc23)CC1.